The summed E-state index contributed by atoms with van der Waals surface area (Å²) in [7, 11) is 0. The number of rotatable bonds is 3. The average molecular weight is 371 g/mol. The van der Waals surface area contributed by atoms with Crippen LogP contribution in [0.3, 0.4) is 0 Å². The third-order valence-corrected chi connectivity index (χ3v) is 7.84. The van der Waals surface area contributed by atoms with Crippen molar-refractivity contribution < 1.29 is 6.22 Å². The number of benzene rings is 1. The van der Waals surface area contributed by atoms with E-state index in [1.807, 2.05) is 0 Å². The van der Waals surface area contributed by atoms with Crippen LogP contribution in [0.25, 0.3) is 0 Å². The van der Waals surface area contributed by atoms with Crippen LogP contribution in [0.4, 0.5) is 0 Å². The van der Waals surface area contributed by atoms with Crippen molar-refractivity contribution in [1.29, 1.82) is 0 Å². The summed E-state index contributed by atoms with van der Waals surface area (Å²) < 4.78 is 0. The van der Waals surface area contributed by atoms with Gasteiger partial charge in [-0.05, 0) is 81.0 Å². The molecule has 1 aliphatic heterocycles. The molecule has 0 unspecified atom stereocenters. The molecule has 1 saturated heterocycles. The number of carbonyl (C=O) groups is 1. The molecule has 2 aliphatic carbocycles. The fraction of sp³-hybridized carbons (Fsp3) is 0.708. The summed E-state index contributed by atoms with van der Waals surface area (Å²) in [5, 5.41) is 3.21. The van der Waals surface area contributed by atoms with Crippen LogP contribution in [-0.4, -0.2) is 29.9 Å². The highest BCUT2D eigenvalue weighted by atomic mass is 16.1. The van der Waals surface area contributed by atoms with Crippen LogP contribution in [0.15, 0.2) is 24.3 Å². The molecule has 1 amide bonds. The molecule has 4 rings (SSSR count). The Morgan fingerprint density at radius 2 is 1.81 bits per heavy atom. The van der Waals surface area contributed by atoms with Crippen molar-refractivity contribution in [2.75, 3.05) is 13.1 Å². The molecule has 3 heteroatoms. The standard InChI is InChI=1S/C24H36N2O.H2/c1-17(2)19-8-10-20(11-9-19)26-14-12-24(13-15-26)16-23(25-18(3)27)21-6-4-5-7-22(21)24;/h4-7,17,19-20,23H,8-16H2,1-3H3,(H,25,27);1H/t19?,20?,23-;/m0./s1. The monoisotopic (exact) mass is 370 g/mol. The lowest BCUT2D eigenvalue weighted by molar-refractivity contribution is -0.119. The molecule has 0 aromatic heterocycles. The summed E-state index contributed by atoms with van der Waals surface area (Å²) >= 11 is 0. The van der Waals surface area contributed by atoms with Crippen LogP contribution in [0, 0.1) is 11.8 Å². The summed E-state index contributed by atoms with van der Waals surface area (Å²) in [6.07, 6.45) is 9.17. The minimum Gasteiger partial charge on any atom is -0.349 e. The van der Waals surface area contributed by atoms with Gasteiger partial charge in [0.05, 0.1) is 6.04 Å². The molecule has 150 valence electrons. The summed E-state index contributed by atoms with van der Waals surface area (Å²) in [4.78, 5) is 14.5. The maximum Gasteiger partial charge on any atom is 0.217 e. The second-order valence-corrected chi connectivity index (χ2v) is 9.67. The van der Waals surface area contributed by atoms with Crippen molar-refractivity contribution in [2.45, 2.75) is 83.2 Å². The molecule has 1 heterocycles. The van der Waals surface area contributed by atoms with Crippen LogP contribution in [0.2, 0.25) is 0 Å². The number of nitrogens with one attached hydrogen (secondary N) is 1. The van der Waals surface area contributed by atoms with Gasteiger partial charge in [0.2, 0.25) is 5.91 Å². The van der Waals surface area contributed by atoms with E-state index in [-0.39, 0.29) is 18.8 Å². The molecular formula is C24H38N2O. The molecule has 1 aromatic carbocycles. The number of nitrogens with zero attached hydrogens (tertiary/aromatic N) is 1. The summed E-state index contributed by atoms with van der Waals surface area (Å²) in [6, 6.07) is 9.85. The molecule has 3 nitrogen and oxygen atoms in total. The van der Waals surface area contributed by atoms with Gasteiger partial charge >= 0.3 is 0 Å². The third kappa shape index (κ3) is 3.68. The first kappa shape index (κ1) is 19.0. The van der Waals surface area contributed by atoms with Gasteiger partial charge in [0.25, 0.3) is 0 Å². The fourth-order valence-corrected chi connectivity index (χ4v) is 6.19. The van der Waals surface area contributed by atoms with E-state index in [4.69, 9.17) is 0 Å². The van der Waals surface area contributed by atoms with E-state index in [0.29, 0.717) is 0 Å². The molecule has 27 heavy (non-hydrogen) atoms. The Labute approximate surface area is 166 Å². The van der Waals surface area contributed by atoms with Gasteiger partial charge < -0.3 is 10.2 Å². The summed E-state index contributed by atoms with van der Waals surface area (Å²) in [5.74, 6) is 1.87. The maximum absolute atomic E-state index is 11.7. The van der Waals surface area contributed by atoms with E-state index in [0.717, 1.165) is 24.3 Å². The molecule has 3 aliphatic rings. The minimum atomic E-state index is 0. The first-order valence-corrected chi connectivity index (χ1v) is 11.1. The predicted molar refractivity (Wildman–Crippen MR) is 113 cm³/mol. The lowest BCUT2D eigenvalue weighted by Crippen LogP contribution is -2.47. The van der Waals surface area contributed by atoms with E-state index in [1.165, 1.54) is 62.7 Å². The van der Waals surface area contributed by atoms with Gasteiger partial charge in [0.15, 0.2) is 0 Å². The lowest BCUT2D eigenvalue weighted by Gasteiger charge is -2.45. The van der Waals surface area contributed by atoms with Gasteiger partial charge in [-0.25, -0.2) is 0 Å². The average Bonchev–Trinajstić information content (AvgIpc) is 2.95. The smallest absolute Gasteiger partial charge is 0.217 e. The van der Waals surface area contributed by atoms with Gasteiger partial charge in [-0.2, -0.15) is 0 Å². The zero-order valence-electron chi connectivity index (χ0n) is 17.3. The normalized spacial score (nSPS) is 30.4. The van der Waals surface area contributed by atoms with Crippen molar-refractivity contribution in [1.82, 2.24) is 10.2 Å². The summed E-state index contributed by atoms with van der Waals surface area (Å²) in [6.45, 7) is 8.86. The predicted octanol–water partition coefficient (Wildman–Crippen LogP) is 5.06. The highest BCUT2D eigenvalue weighted by Gasteiger charge is 2.46. The molecule has 2 fully saturated rings. The molecule has 1 spiro atoms. The molecule has 0 radical (unpaired) electrons. The molecule has 1 saturated carbocycles. The molecule has 1 N–H and O–H groups in total. The van der Waals surface area contributed by atoms with Crippen LogP contribution >= 0.6 is 0 Å². The van der Waals surface area contributed by atoms with E-state index in [9.17, 15) is 4.79 Å². The first-order valence-electron chi connectivity index (χ1n) is 11.1. The van der Waals surface area contributed by atoms with E-state index >= 15 is 0 Å². The fourth-order valence-electron chi connectivity index (χ4n) is 6.19. The highest BCUT2D eigenvalue weighted by molar-refractivity contribution is 5.73. The second kappa shape index (κ2) is 7.58. The zero-order chi connectivity index (χ0) is 19.0. The van der Waals surface area contributed by atoms with E-state index in [2.05, 4.69) is 48.3 Å². The van der Waals surface area contributed by atoms with Crippen molar-refractivity contribution >= 4 is 5.91 Å². The largest absolute Gasteiger partial charge is 0.349 e. The number of piperidine rings is 1. The zero-order valence-corrected chi connectivity index (χ0v) is 17.3. The van der Waals surface area contributed by atoms with Crippen molar-refractivity contribution in [2.24, 2.45) is 11.8 Å². The number of amides is 1. The Kier molecular flexibility index (Phi) is 5.33. The quantitative estimate of drug-likeness (QED) is 0.806. The van der Waals surface area contributed by atoms with Crippen molar-refractivity contribution in [3.8, 4) is 0 Å². The first-order chi connectivity index (χ1) is 13.0. The number of hydrogen-bond acceptors (Lipinski definition) is 2. The van der Waals surface area contributed by atoms with Crippen LogP contribution in [-0.2, 0) is 10.2 Å². The van der Waals surface area contributed by atoms with Crippen molar-refractivity contribution in [3.63, 3.8) is 0 Å². The Morgan fingerprint density at radius 1 is 1.15 bits per heavy atom. The van der Waals surface area contributed by atoms with Crippen LogP contribution < -0.4 is 5.32 Å². The van der Waals surface area contributed by atoms with Gasteiger partial charge in [-0.3, -0.25) is 4.79 Å². The third-order valence-electron chi connectivity index (χ3n) is 7.84. The number of carbonyl (C=O) groups excluding carboxylic acids is 1. The van der Waals surface area contributed by atoms with Gasteiger partial charge in [0, 0.05) is 19.8 Å². The Hall–Kier alpha value is -1.35. The van der Waals surface area contributed by atoms with Crippen molar-refractivity contribution in [3.05, 3.63) is 35.4 Å². The van der Waals surface area contributed by atoms with E-state index in [1.54, 1.807) is 6.92 Å². The van der Waals surface area contributed by atoms with Crippen LogP contribution in [0.5, 0.6) is 0 Å². The van der Waals surface area contributed by atoms with Gasteiger partial charge in [0.1, 0.15) is 0 Å². The maximum atomic E-state index is 11.7. The lowest BCUT2D eigenvalue weighted by atomic mass is 9.72. The summed E-state index contributed by atoms with van der Waals surface area (Å²) in [5.41, 5.74) is 3.14. The van der Waals surface area contributed by atoms with Gasteiger partial charge in [-0.15, -0.1) is 0 Å². The second-order valence-electron chi connectivity index (χ2n) is 9.67. The Morgan fingerprint density at radius 3 is 2.44 bits per heavy atom. The molecular weight excluding hydrogens is 332 g/mol. The SMILES string of the molecule is CC(=O)N[C@H]1CC2(CCN(C3CCC(C(C)C)CC3)CC2)c2ccccc21.[HH]. The number of hydrogen-bond donors (Lipinski definition) is 1. The number of likely N-dealkylation sites (tertiary alicyclic amines) is 1. The van der Waals surface area contributed by atoms with Crippen LogP contribution in [0.1, 0.15) is 84.3 Å². The Bertz CT molecular complexity index is 673. The molecule has 0 bridgehead atoms. The van der Waals surface area contributed by atoms with E-state index < -0.39 is 0 Å². The minimum absolute atomic E-state index is 0. The van der Waals surface area contributed by atoms with Gasteiger partial charge in [-0.1, -0.05) is 38.1 Å². The highest BCUT2D eigenvalue weighted by Crippen LogP contribution is 2.51. The molecule has 1 aromatic rings. The molecule has 1 atom stereocenters. The number of fused-ring (bicyclic) bond motifs is 2. The Balaban J connectivity index is 0.00000225. The topological polar surface area (TPSA) is 32.3 Å².